The Labute approximate surface area is 102 Å². The average Bonchev–Trinajstić information content (AvgIpc) is 2.40. The van der Waals surface area contributed by atoms with Crippen molar-refractivity contribution in [3.63, 3.8) is 0 Å². The number of hydrogen-bond donors (Lipinski definition) is 1. The van der Waals surface area contributed by atoms with Gasteiger partial charge in [0.1, 0.15) is 6.33 Å². The number of fused-ring (bicyclic) bond motifs is 1. The Balaban J connectivity index is 1.60. The second-order valence-corrected chi connectivity index (χ2v) is 5.19. The first-order chi connectivity index (χ1) is 8.42. The first-order valence-corrected chi connectivity index (χ1v) is 6.62. The van der Waals surface area contributed by atoms with Crippen LogP contribution in [0.5, 0.6) is 0 Å². The van der Waals surface area contributed by atoms with Crippen LogP contribution in [0.2, 0.25) is 0 Å². The van der Waals surface area contributed by atoms with Crippen molar-refractivity contribution >= 4 is 0 Å². The van der Waals surface area contributed by atoms with E-state index in [2.05, 4.69) is 20.2 Å². The molecule has 1 saturated heterocycles. The summed E-state index contributed by atoms with van der Waals surface area (Å²) in [4.78, 5) is 11.0. The molecule has 0 radical (unpaired) electrons. The lowest BCUT2D eigenvalue weighted by Crippen LogP contribution is -2.40. The zero-order chi connectivity index (χ0) is 11.5. The van der Waals surface area contributed by atoms with E-state index in [9.17, 15) is 0 Å². The van der Waals surface area contributed by atoms with E-state index in [-0.39, 0.29) is 0 Å². The highest BCUT2D eigenvalue weighted by Crippen LogP contribution is 2.18. The number of hydrogen-bond acceptors (Lipinski definition) is 4. The van der Waals surface area contributed by atoms with E-state index in [1.165, 1.54) is 43.7 Å². The van der Waals surface area contributed by atoms with Crippen LogP contribution >= 0.6 is 0 Å². The molecular weight excluding hydrogens is 212 g/mol. The standard InChI is InChI=1S/C13H20N4/c1-2-11(6-14-4-1)8-17-5-3-12-7-15-10-16-13(12)9-17/h7,10-11,14H,1-6,8-9H2. The lowest BCUT2D eigenvalue weighted by Gasteiger charge is -2.32. The van der Waals surface area contributed by atoms with Crippen LogP contribution in [0.15, 0.2) is 12.5 Å². The number of rotatable bonds is 2. The van der Waals surface area contributed by atoms with Gasteiger partial charge in [0.25, 0.3) is 0 Å². The van der Waals surface area contributed by atoms with Gasteiger partial charge in [0.15, 0.2) is 0 Å². The number of nitrogens with zero attached hydrogens (tertiary/aromatic N) is 3. The summed E-state index contributed by atoms with van der Waals surface area (Å²) in [5.74, 6) is 0.826. The molecule has 3 heterocycles. The maximum atomic E-state index is 4.39. The van der Waals surface area contributed by atoms with Crippen molar-refractivity contribution in [1.82, 2.24) is 20.2 Å². The quantitative estimate of drug-likeness (QED) is 0.820. The molecule has 0 aromatic carbocycles. The summed E-state index contributed by atoms with van der Waals surface area (Å²) in [6, 6.07) is 0. The molecule has 92 valence electrons. The highest BCUT2D eigenvalue weighted by Gasteiger charge is 2.21. The minimum absolute atomic E-state index is 0.826. The zero-order valence-corrected chi connectivity index (χ0v) is 10.2. The molecule has 1 atom stereocenters. The summed E-state index contributed by atoms with van der Waals surface area (Å²) in [5.41, 5.74) is 2.57. The second-order valence-electron chi connectivity index (χ2n) is 5.19. The molecule has 4 heteroatoms. The van der Waals surface area contributed by atoms with Gasteiger partial charge in [0.05, 0.1) is 5.69 Å². The fourth-order valence-electron chi connectivity index (χ4n) is 2.91. The van der Waals surface area contributed by atoms with Gasteiger partial charge in [0, 0.05) is 25.8 Å². The molecule has 2 aliphatic heterocycles. The summed E-state index contributed by atoms with van der Waals surface area (Å²) in [6.07, 6.45) is 7.46. The third-order valence-corrected chi connectivity index (χ3v) is 3.87. The molecule has 17 heavy (non-hydrogen) atoms. The molecule has 1 aromatic rings. The Morgan fingerprint density at radius 3 is 3.35 bits per heavy atom. The fourth-order valence-corrected chi connectivity index (χ4v) is 2.91. The molecular formula is C13H20N4. The van der Waals surface area contributed by atoms with Gasteiger partial charge in [-0.05, 0) is 43.8 Å². The lowest BCUT2D eigenvalue weighted by molar-refractivity contribution is 0.191. The summed E-state index contributed by atoms with van der Waals surface area (Å²) >= 11 is 0. The van der Waals surface area contributed by atoms with E-state index in [1.54, 1.807) is 6.33 Å². The Kier molecular flexibility index (Phi) is 3.34. The van der Waals surface area contributed by atoms with Crippen LogP contribution in [0.25, 0.3) is 0 Å². The predicted octanol–water partition coefficient (Wildman–Crippen LogP) is 0.834. The van der Waals surface area contributed by atoms with Gasteiger partial charge in [-0.2, -0.15) is 0 Å². The monoisotopic (exact) mass is 232 g/mol. The number of piperidine rings is 1. The van der Waals surface area contributed by atoms with E-state index in [4.69, 9.17) is 0 Å². The minimum atomic E-state index is 0.826. The largest absolute Gasteiger partial charge is 0.316 e. The highest BCUT2D eigenvalue weighted by molar-refractivity contribution is 5.18. The molecule has 3 rings (SSSR count). The predicted molar refractivity (Wildman–Crippen MR) is 66.6 cm³/mol. The van der Waals surface area contributed by atoms with Crippen LogP contribution < -0.4 is 5.32 Å². The summed E-state index contributed by atoms with van der Waals surface area (Å²) in [5, 5.41) is 3.49. The smallest absolute Gasteiger partial charge is 0.115 e. The van der Waals surface area contributed by atoms with Crippen molar-refractivity contribution < 1.29 is 0 Å². The molecule has 0 amide bonds. The average molecular weight is 232 g/mol. The Bertz CT molecular complexity index is 373. The van der Waals surface area contributed by atoms with Gasteiger partial charge in [-0.25, -0.2) is 9.97 Å². The molecule has 1 unspecified atom stereocenters. The van der Waals surface area contributed by atoms with E-state index in [1.807, 2.05) is 6.20 Å². The van der Waals surface area contributed by atoms with Gasteiger partial charge in [-0.1, -0.05) is 0 Å². The minimum Gasteiger partial charge on any atom is -0.316 e. The normalized spacial score (nSPS) is 25.5. The Hall–Kier alpha value is -1.00. The van der Waals surface area contributed by atoms with Crippen molar-refractivity contribution in [3.8, 4) is 0 Å². The van der Waals surface area contributed by atoms with Crippen LogP contribution in [0, 0.1) is 5.92 Å². The van der Waals surface area contributed by atoms with E-state index < -0.39 is 0 Å². The molecule has 0 aliphatic carbocycles. The molecule has 0 spiro atoms. The first kappa shape index (κ1) is 11.1. The summed E-state index contributed by atoms with van der Waals surface area (Å²) in [6.45, 7) is 5.78. The van der Waals surface area contributed by atoms with Crippen LogP contribution in [0.1, 0.15) is 24.1 Å². The van der Waals surface area contributed by atoms with E-state index >= 15 is 0 Å². The van der Waals surface area contributed by atoms with Gasteiger partial charge < -0.3 is 5.32 Å². The van der Waals surface area contributed by atoms with Crippen molar-refractivity contribution in [1.29, 1.82) is 0 Å². The highest BCUT2D eigenvalue weighted by atomic mass is 15.1. The topological polar surface area (TPSA) is 41.1 Å². The van der Waals surface area contributed by atoms with Gasteiger partial charge in [-0.3, -0.25) is 4.90 Å². The SMILES string of the molecule is c1ncc2c(n1)CN(CC1CCCNC1)CC2. The van der Waals surface area contributed by atoms with E-state index in [0.717, 1.165) is 25.4 Å². The summed E-state index contributed by atoms with van der Waals surface area (Å²) < 4.78 is 0. The molecule has 2 aliphatic rings. The zero-order valence-electron chi connectivity index (χ0n) is 10.2. The third-order valence-electron chi connectivity index (χ3n) is 3.87. The molecule has 0 saturated carbocycles. The maximum Gasteiger partial charge on any atom is 0.115 e. The Morgan fingerprint density at radius 1 is 1.47 bits per heavy atom. The van der Waals surface area contributed by atoms with Gasteiger partial charge >= 0.3 is 0 Å². The first-order valence-electron chi connectivity index (χ1n) is 6.62. The third kappa shape index (κ3) is 2.64. The number of aromatic nitrogens is 2. The molecule has 1 aromatic heterocycles. The van der Waals surface area contributed by atoms with Crippen molar-refractivity contribution in [2.75, 3.05) is 26.2 Å². The van der Waals surface area contributed by atoms with Crippen LogP contribution in [0.4, 0.5) is 0 Å². The van der Waals surface area contributed by atoms with Crippen molar-refractivity contribution in [2.24, 2.45) is 5.92 Å². The fraction of sp³-hybridized carbons (Fsp3) is 0.692. The van der Waals surface area contributed by atoms with Crippen molar-refractivity contribution in [3.05, 3.63) is 23.8 Å². The lowest BCUT2D eigenvalue weighted by atomic mass is 9.97. The van der Waals surface area contributed by atoms with Crippen LogP contribution in [-0.2, 0) is 13.0 Å². The van der Waals surface area contributed by atoms with E-state index in [0.29, 0.717) is 0 Å². The van der Waals surface area contributed by atoms with Crippen molar-refractivity contribution in [2.45, 2.75) is 25.8 Å². The molecule has 1 fully saturated rings. The summed E-state index contributed by atoms with van der Waals surface area (Å²) in [7, 11) is 0. The van der Waals surface area contributed by atoms with Gasteiger partial charge in [-0.15, -0.1) is 0 Å². The van der Waals surface area contributed by atoms with Crippen LogP contribution in [0.3, 0.4) is 0 Å². The van der Waals surface area contributed by atoms with Gasteiger partial charge in [0.2, 0.25) is 0 Å². The maximum absolute atomic E-state index is 4.39. The molecule has 4 nitrogen and oxygen atoms in total. The molecule has 0 bridgehead atoms. The molecule has 1 N–H and O–H groups in total. The number of nitrogens with one attached hydrogen (secondary N) is 1. The Morgan fingerprint density at radius 2 is 2.47 bits per heavy atom. The second kappa shape index (κ2) is 5.10. The van der Waals surface area contributed by atoms with Crippen LogP contribution in [-0.4, -0.2) is 41.0 Å².